The quantitative estimate of drug-likeness (QED) is 0.590. The van der Waals surface area contributed by atoms with Gasteiger partial charge in [-0.2, -0.15) is 5.26 Å². The molecule has 0 N–H and O–H groups in total. The van der Waals surface area contributed by atoms with E-state index < -0.39 is 0 Å². The lowest BCUT2D eigenvalue weighted by Crippen LogP contribution is -2.01. The summed E-state index contributed by atoms with van der Waals surface area (Å²) in [5.74, 6) is 0.821. The molecule has 0 spiro atoms. The Kier molecular flexibility index (Phi) is 7.09. The molecule has 1 heteroatoms. The Morgan fingerprint density at radius 2 is 2.05 bits per heavy atom. The van der Waals surface area contributed by atoms with Crippen molar-refractivity contribution in [1.29, 1.82) is 5.26 Å². The van der Waals surface area contributed by atoms with Crippen molar-refractivity contribution in [2.75, 3.05) is 0 Å². The van der Waals surface area contributed by atoms with E-state index in [1.54, 1.807) is 0 Å². The minimum absolute atomic E-state index is 0.761. The van der Waals surface area contributed by atoms with Crippen molar-refractivity contribution in [3.8, 4) is 6.07 Å². The molecule has 0 saturated heterocycles. The Morgan fingerprint density at radius 3 is 2.60 bits per heavy atom. The second-order valence-electron chi connectivity index (χ2n) is 5.73. The minimum Gasteiger partial charge on any atom is -0.192 e. The Morgan fingerprint density at radius 1 is 1.30 bits per heavy atom. The third-order valence-electron chi connectivity index (χ3n) is 4.05. The summed E-state index contributed by atoms with van der Waals surface area (Å²) < 4.78 is 0. The topological polar surface area (TPSA) is 23.8 Å². The van der Waals surface area contributed by atoms with Gasteiger partial charge >= 0.3 is 0 Å². The van der Waals surface area contributed by atoms with Gasteiger partial charge in [-0.25, -0.2) is 0 Å². The second-order valence-corrected chi connectivity index (χ2v) is 5.73. The molecule has 0 heterocycles. The molecule has 1 nitrogen and oxygen atoms in total. The van der Waals surface area contributed by atoms with Crippen molar-refractivity contribution in [1.82, 2.24) is 0 Å². The first-order chi connectivity index (χ1) is 9.62. The highest BCUT2D eigenvalue weighted by Crippen LogP contribution is 2.22. The number of nitrogens with zero attached hydrogens (tertiary/aromatic N) is 1. The lowest BCUT2D eigenvalue weighted by atomic mass is 9.91. The third kappa shape index (κ3) is 4.85. The standard InChI is InChI=1S/C19H27N/c1-5-7-8-16(6-2)9-10-17-11-12-19(15(3)4)18(13-17)14-20/h11-13,16H,3,5-10H2,1-2,4H3. The third-order valence-corrected chi connectivity index (χ3v) is 4.05. The van der Waals surface area contributed by atoms with Gasteiger partial charge in [-0.1, -0.05) is 58.2 Å². The van der Waals surface area contributed by atoms with Crippen molar-refractivity contribution in [2.24, 2.45) is 5.92 Å². The van der Waals surface area contributed by atoms with Gasteiger partial charge in [0, 0.05) is 0 Å². The summed E-state index contributed by atoms with van der Waals surface area (Å²) in [7, 11) is 0. The first-order valence-corrected chi connectivity index (χ1v) is 7.81. The molecule has 108 valence electrons. The number of aryl methyl sites for hydroxylation is 1. The lowest BCUT2D eigenvalue weighted by molar-refractivity contribution is 0.422. The molecule has 0 fully saturated rings. The van der Waals surface area contributed by atoms with Crippen molar-refractivity contribution >= 4 is 5.57 Å². The zero-order chi connectivity index (χ0) is 15.0. The fourth-order valence-electron chi connectivity index (χ4n) is 2.63. The van der Waals surface area contributed by atoms with Crippen LogP contribution in [0.3, 0.4) is 0 Å². The summed E-state index contributed by atoms with van der Waals surface area (Å²) in [5, 5.41) is 9.24. The highest BCUT2D eigenvalue weighted by molar-refractivity contribution is 5.67. The van der Waals surface area contributed by atoms with Crippen LogP contribution in [0.1, 0.15) is 69.6 Å². The van der Waals surface area contributed by atoms with Crippen molar-refractivity contribution in [3.63, 3.8) is 0 Å². The van der Waals surface area contributed by atoms with E-state index in [0.29, 0.717) is 0 Å². The number of nitriles is 1. The molecular weight excluding hydrogens is 242 g/mol. The van der Waals surface area contributed by atoms with Crippen molar-refractivity contribution in [3.05, 3.63) is 41.5 Å². The number of benzene rings is 1. The zero-order valence-corrected chi connectivity index (χ0v) is 13.2. The summed E-state index contributed by atoms with van der Waals surface area (Å²) in [6.07, 6.45) is 7.51. The van der Waals surface area contributed by atoms with Gasteiger partial charge < -0.3 is 0 Å². The van der Waals surface area contributed by atoms with Gasteiger partial charge in [0.2, 0.25) is 0 Å². The van der Waals surface area contributed by atoms with Crippen LogP contribution in [-0.4, -0.2) is 0 Å². The maximum absolute atomic E-state index is 9.24. The summed E-state index contributed by atoms with van der Waals surface area (Å²) in [6.45, 7) is 10.4. The normalized spacial score (nSPS) is 11.9. The molecule has 1 aromatic rings. The van der Waals surface area contributed by atoms with Crippen molar-refractivity contribution < 1.29 is 0 Å². The summed E-state index contributed by atoms with van der Waals surface area (Å²) in [4.78, 5) is 0. The summed E-state index contributed by atoms with van der Waals surface area (Å²) in [5.41, 5.74) is 3.98. The highest BCUT2D eigenvalue weighted by atomic mass is 14.2. The number of hydrogen-bond acceptors (Lipinski definition) is 1. The Hall–Kier alpha value is -1.55. The molecule has 0 bridgehead atoms. The number of unbranched alkanes of at least 4 members (excludes halogenated alkanes) is 1. The van der Waals surface area contributed by atoms with Crippen LogP contribution in [-0.2, 0) is 6.42 Å². The van der Waals surface area contributed by atoms with E-state index in [0.717, 1.165) is 29.0 Å². The Labute approximate surface area is 124 Å². The molecule has 1 atom stereocenters. The van der Waals surface area contributed by atoms with E-state index in [-0.39, 0.29) is 0 Å². The van der Waals surface area contributed by atoms with E-state index >= 15 is 0 Å². The van der Waals surface area contributed by atoms with Gasteiger partial charge in [0.05, 0.1) is 11.6 Å². The van der Waals surface area contributed by atoms with Gasteiger partial charge in [0.1, 0.15) is 0 Å². The number of hydrogen-bond donors (Lipinski definition) is 0. The smallest absolute Gasteiger partial charge is 0.0998 e. The van der Waals surface area contributed by atoms with Crippen LogP contribution in [0.25, 0.3) is 5.57 Å². The van der Waals surface area contributed by atoms with E-state index in [1.165, 1.54) is 37.7 Å². The predicted molar refractivity (Wildman–Crippen MR) is 87.5 cm³/mol. The van der Waals surface area contributed by atoms with Gasteiger partial charge in [-0.3, -0.25) is 0 Å². The van der Waals surface area contributed by atoms with Crippen LogP contribution in [0, 0.1) is 17.2 Å². The van der Waals surface area contributed by atoms with E-state index in [1.807, 2.05) is 19.1 Å². The van der Waals surface area contributed by atoms with Crippen LogP contribution < -0.4 is 0 Å². The van der Waals surface area contributed by atoms with Crippen LogP contribution in [0.4, 0.5) is 0 Å². The van der Waals surface area contributed by atoms with Crippen LogP contribution >= 0.6 is 0 Å². The molecule has 1 aromatic carbocycles. The molecule has 1 unspecified atom stereocenters. The van der Waals surface area contributed by atoms with Gasteiger partial charge in [-0.05, 0) is 48.4 Å². The molecular formula is C19H27N. The fraction of sp³-hybridized carbons (Fsp3) is 0.526. The zero-order valence-electron chi connectivity index (χ0n) is 13.2. The average Bonchev–Trinajstić information content (AvgIpc) is 2.47. The molecule has 0 aliphatic rings. The Balaban J connectivity index is 2.69. The maximum Gasteiger partial charge on any atom is 0.0998 e. The Bertz CT molecular complexity index is 479. The first-order valence-electron chi connectivity index (χ1n) is 7.81. The highest BCUT2D eigenvalue weighted by Gasteiger charge is 2.08. The molecule has 0 aliphatic heterocycles. The summed E-state index contributed by atoms with van der Waals surface area (Å²) in [6, 6.07) is 8.53. The summed E-state index contributed by atoms with van der Waals surface area (Å²) >= 11 is 0. The van der Waals surface area contributed by atoms with Crippen LogP contribution in [0.2, 0.25) is 0 Å². The largest absolute Gasteiger partial charge is 0.192 e. The SMILES string of the molecule is C=C(C)c1ccc(CCC(CC)CCCC)cc1C#N. The average molecular weight is 269 g/mol. The van der Waals surface area contributed by atoms with Crippen LogP contribution in [0.5, 0.6) is 0 Å². The maximum atomic E-state index is 9.24. The van der Waals surface area contributed by atoms with Gasteiger partial charge in [0.15, 0.2) is 0 Å². The fourth-order valence-corrected chi connectivity index (χ4v) is 2.63. The number of allylic oxidation sites excluding steroid dienone is 1. The van der Waals surface area contributed by atoms with E-state index in [9.17, 15) is 5.26 Å². The molecule has 0 aliphatic carbocycles. The number of rotatable bonds is 8. The predicted octanol–water partition coefficient (Wildman–Crippen LogP) is 5.74. The molecule has 1 rings (SSSR count). The first kappa shape index (κ1) is 16.5. The van der Waals surface area contributed by atoms with E-state index in [4.69, 9.17) is 0 Å². The van der Waals surface area contributed by atoms with Gasteiger partial charge in [0.25, 0.3) is 0 Å². The van der Waals surface area contributed by atoms with E-state index in [2.05, 4.69) is 32.6 Å². The van der Waals surface area contributed by atoms with Gasteiger partial charge in [-0.15, -0.1) is 0 Å². The van der Waals surface area contributed by atoms with Crippen LogP contribution in [0.15, 0.2) is 24.8 Å². The second kappa shape index (κ2) is 8.59. The molecule has 0 aromatic heterocycles. The molecule has 20 heavy (non-hydrogen) atoms. The molecule has 0 amide bonds. The lowest BCUT2D eigenvalue weighted by Gasteiger charge is -2.14. The molecule has 0 saturated carbocycles. The monoisotopic (exact) mass is 269 g/mol. The minimum atomic E-state index is 0.761. The molecule has 0 radical (unpaired) electrons. The van der Waals surface area contributed by atoms with Crippen molar-refractivity contribution in [2.45, 2.75) is 59.3 Å².